The number of aliphatic carboxylic acids is 1. The summed E-state index contributed by atoms with van der Waals surface area (Å²) >= 11 is 9.25. The lowest BCUT2D eigenvalue weighted by molar-refractivity contribution is -0.147. The maximum absolute atomic E-state index is 12.2. The number of carboxylic acid groups (broad SMARTS) is 1. The van der Waals surface area contributed by atoms with Crippen molar-refractivity contribution in [2.24, 2.45) is 11.8 Å². The molecule has 0 bridgehead atoms. The van der Waals surface area contributed by atoms with Crippen LogP contribution in [-0.2, 0) is 9.59 Å². The minimum absolute atomic E-state index is 0.240. The van der Waals surface area contributed by atoms with Crippen LogP contribution in [0.15, 0.2) is 22.7 Å². The van der Waals surface area contributed by atoms with E-state index in [1.54, 1.807) is 18.2 Å². The minimum atomic E-state index is -0.890. The van der Waals surface area contributed by atoms with Crippen molar-refractivity contribution in [3.63, 3.8) is 0 Å². The lowest BCUT2D eigenvalue weighted by Crippen LogP contribution is -2.36. The fourth-order valence-corrected chi connectivity index (χ4v) is 2.98. The second-order valence-electron chi connectivity index (χ2n) is 4.95. The summed E-state index contributed by atoms with van der Waals surface area (Å²) in [7, 11) is 0. The van der Waals surface area contributed by atoms with Crippen molar-refractivity contribution in [3.8, 4) is 0 Å². The number of carbonyl (C=O) groups excluding carboxylic acids is 1. The number of anilines is 1. The zero-order chi connectivity index (χ0) is 14.7. The standard InChI is InChI=1S/C14H15BrClNO3/c15-11-6-5-8(7-12(11)16)17-13(18)9-3-1-2-4-10(9)14(19)20/h5-7,9-10H,1-4H2,(H,17,18)(H,19,20)/t9-,10+/m1/s1. The molecule has 2 atom stereocenters. The van der Waals surface area contributed by atoms with Crippen molar-refractivity contribution in [2.75, 3.05) is 5.32 Å². The zero-order valence-electron chi connectivity index (χ0n) is 10.7. The Balaban J connectivity index is 2.09. The third kappa shape index (κ3) is 3.52. The van der Waals surface area contributed by atoms with Gasteiger partial charge in [-0.1, -0.05) is 24.4 Å². The quantitative estimate of drug-likeness (QED) is 0.858. The van der Waals surface area contributed by atoms with E-state index in [9.17, 15) is 14.7 Å². The number of carboxylic acids is 1. The van der Waals surface area contributed by atoms with Gasteiger partial charge in [0.05, 0.1) is 16.9 Å². The molecule has 0 spiro atoms. The minimum Gasteiger partial charge on any atom is -0.481 e. The van der Waals surface area contributed by atoms with Gasteiger partial charge in [0.2, 0.25) is 5.91 Å². The van der Waals surface area contributed by atoms with Gasteiger partial charge < -0.3 is 10.4 Å². The molecule has 1 aromatic rings. The normalized spacial score (nSPS) is 22.3. The molecule has 0 aromatic heterocycles. The Hall–Kier alpha value is -1.07. The predicted molar refractivity (Wildman–Crippen MR) is 80.9 cm³/mol. The fraction of sp³-hybridized carbons (Fsp3) is 0.429. The van der Waals surface area contributed by atoms with Crippen LogP contribution in [0.25, 0.3) is 0 Å². The van der Waals surface area contributed by atoms with E-state index in [1.807, 2.05) is 0 Å². The molecule has 0 unspecified atom stereocenters. The first kappa shape index (κ1) is 15.3. The highest BCUT2D eigenvalue weighted by Gasteiger charge is 2.35. The molecule has 108 valence electrons. The smallest absolute Gasteiger partial charge is 0.307 e. The summed E-state index contributed by atoms with van der Waals surface area (Å²) < 4.78 is 0.748. The molecule has 1 saturated carbocycles. The predicted octanol–water partition coefficient (Wildman–Crippen LogP) is 3.93. The number of halogens is 2. The van der Waals surface area contributed by atoms with Crippen LogP contribution in [0.5, 0.6) is 0 Å². The summed E-state index contributed by atoms with van der Waals surface area (Å²) in [5.41, 5.74) is 0.581. The van der Waals surface area contributed by atoms with Gasteiger partial charge in [0.25, 0.3) is 0 Å². The summed E-state index contributed by atoms with van der Waals surface area (Å²) in [6, 6.07) is 5.11. The topological polar surface area (TPSA) is 66.4 Å². The molecule has 1 fully saturated rings. The van der Waals surface area contributed by atoms with E-state index in [1.165, 1.54) is 0 Å². The van der Waals surface area contributed by atoms with Crippen LogP contribution in [0.4, 0.5) is 5.69 Å². The summed E-state index contributed by atoms with van der Waals surface area (Å²) in [6.45, 7) is 0. The first-order chi connectivity index (χ1) is 9.49. The highest BCUT2D eigenvalue weighted by atomic mass is 79.9. The van der Waals surface area contributed by atoms with Crippen LogP contribution in [0.2, 0.25) is 5.02 Å². The van der Waals surface area contributed by atoms with Crippen LogP contribution in [0.3, 0.4) is 0 Å². The van der Waals surface area contributed by atoms with Gasteiger partial charge >= 0.3 is 5.97 Å². The molecule has 1 amide bonds. The molecule has 1 aromatic carbocycles. The molecule has 0 radical (unpaired) electrons. The molecule has 20 heavy (non-hydrogen) atoms. The van der Waals surface area contributed by atoms with Gasteiger partial charge in [0.1, 0.15) is 0 Å². The van der Waals surface area contributed by atoms with Gasteiger partial charge in [0.15, 0.2) is 0 Å². The number of nitrogens with one attached hydrogen (secondary N) is 1. The van der Waals surface area contributed by atoms with Crippen molar-refractivity contribution in [1.29, 1.82) is 0 Å². The van der Waals surface area contributed by atoms with Crippen molar-refractivity contribution in [1.82, 2.24) is 0 Å². The van der Waals surface area contributed by atoms with Crippen molar-refractivity contribution < 1.29 is 14.7 Å². The second kappa shape index (κ2) is 6.59. The number of benzene rings is 1. The number of amides is 1. The molecule has 0 aliphatic heterocycles. The Bertz CT molecular complexity index is 535. The van der Waals surface area contributed by atoms with Crippen molar-refractivity contribution in [3.05, 3.63) is 27.7 Å². The number of rotatable bonds is 3. The lowest BCUT2D eigenvalue weighted by Gasteiger charge is -2.27. The van der Waals surface area contributed by atoms with Gasteiger partial charge in [-0.05, 0) is 47.0 Å². The van der Waals surface area contributed by atoms with Gasteiger partial charge in [-0.15, -0.1) is 0 Å². The number of hydrogen-bond acceptors (Lipinski definition) is 2. The van der Waals surface area contributed by atoms with Gasteiger partial charge in [-0.3, -0.25) is 9.59 Å². The Labute approximate surface area is 130 Å². The average molecular weight is 361 g/mol. The van der Waals surface area contributed by atoms with Crippen molar-refractivity contribution in [2.45, 2.75) is 25.7 Å². The van der Waals surface area contributed by atoms with E-state index in [0.29, 0.717) is 23.6 Å². The Morgan fingerprint density at radius 2 is 1.90 bits per heavy atom. The molecule has 0 heterocycles. The molecule has 2 N–H and O–H groups in total. The van der Waals surface area contributed by atoms with E-state index in [0.717, 1.165) is 17.3 Å². The summed E-state index contributed by atoms with van der Waals surface area (Å²) in [5.74, 6) is -2.19. The second-order valence-corrected chi connectivity index (χ2v) is 6.22. The molecule has 1 aliphatic rings. The van der Waals surface area contributed by atoms with Crippen LogP contribution in [0, 0.1) is 11.8 Å². The monoisotopic (exact) mass is 359 g/mol. The highest BCUT2D eigenvalue weighted by Crippen LogP contribution is 2.32. The zero-order valence-corrected chi connectivity index (χ0v) is 13.1. The Morgan fingerprint density at radius 3 is 2.50 bits per heavy atom. The largest absolute Gasteiger partial charge is 0.481 e. The summed E-state index contributed by atoms with van der Waals surface area (Å²) in [4.78, 5) is 23.5. The number of hydrogen-bond donors (Lipinski definition) is 2. The molecular formula is C14H15BrClNO3. The van der Waals surface area contributed by atoms with Crippen LogP contribution in [0.1, 0.15) is 25.7 Å². The maximum Gasteiger partial charge on any atom is 0.307 e. The Kier molecular flexibility index (Phi) is 5.05. The first-order valence-electron chi connectivity index (χ1n) is 6.48. The SMILES string of the molecule is O=C(O)[C@H]1CCCC[C@H]1C(=O)Nc1ccc(Br)c(Cl)c1. The van der Waals surface area contributed by atoms with Gasteiger partial charge in [-0.25, -0.2) is 0 Å². The average Bonchev–Trinajstić information content (AvgIpc) is 2.43. The summed E-state index contributed by atoms with van der Waals surface area (Å²) in [6.07, 6.45) is 2.94. The van der Waals surface area contributed by atoms with Crippen LogP contribution < -0.4 is 5.32 Å². The lowest BCUT2D eigenvalue weighted by atomic mass is 9.78. The van der Waals surface area contributed by atoms with E-state index in [-0.39, 0.29) is 5.91 Å². The van der Waals surface area contributed by atoms with Crippen LogP contribution >= 0.6 is 27.5 Å². The molecule has 6 heteroatoms. The van der Waals surface area contributed by atoms with Gasteiger partial charge in [-0.2, -0.15) is 0 Å². The third-order valence-corrected chi connectivity index (χ3v) is 4.84. The summed E-state index contributed by atoms with van der Waals surface area (Å²) in [5, 5.41) is 12.5. The van der Waals surface area contributed by atoms with Crippen molar-refractivity contribution >= 4 is 45.1 Å². The van der Waals surface area contributed by atoms with Crippen LogP contribution in [-0.4, -0.2) is 17.0 Å². The number of carbonyl (C=O) groups is 2. The van der Waals surface area contributed by atoms with E-state index in [2.05, 4.69) is 21.2 Å². The first-order valence-corrected chi connectivity index (χ1v) is 7.65. The van der Waals surface area contributed by atoms with E-state index >= 15 is 0 Å². The molecule has 2 rings (SSSR count). The molecule has 4 nitrogen and oxygen atoms in total. The van der Waals surface area contributed by atoms with E-state index < -0.39 is 17.8 Å². The van der Waals surface area contributed by atoms with E-state index in [4.69, 9.17) is 11.6 Å². The third-order valence-electron chi connectivity index (χ3n) is 3.61. The fourth-order valence-electron chi connectivity index (χ4n) is 2.55. The highest BCUT2D eigenvalue weighted by molar-refractivity contribution is 9.10. The van der Waals surface area contributed by atoms with Gasteiger partial charge in [0, 0.05) is 10.2 Å². The Morgan fingerprint density at radius 1 is 1.25 bits per heavy atom. The molecule has 0 saturated heterocycles. The molecule has 1 aliphatic carbocycles. The maximum atomic E-state index is 12.2. The molecular weight excluding hydrogens is 346 g/mol.